The first kappa shape index (κ1) is 10.1. The van der Waals surface area contributed by atoms with Gasteiger partial charge in [-0.2, -0.15) is 9.97 Å². The van der Waals surface area contributed by atoms with Crippen LogP contribution >= 0.6 is 0 Å². The van der Waals surface area contributed by atoms with Crippen LogP contribution in [0.5, 0.6) is 0 Å². The number of nitrogens with zero attached hydrogens (tertiary/aromatic N) is 4. The Hall–Kier alpha value is -2.04. The summed E-state index contributed by atoms with van der Waals surface area (Å²) in [4.78, 5) is 17.0. The first-order valence-electron chi connectivity index (χ1n) is 5.66. The topological polar surface area (TPSA) is 77.6 Å². The van der Waals surface area contributed by atoms with Crippen molar-refractivity contribution in [1.82, 2.24) is 19.9 Å². The lowest BCUT2D eigenvalue weighted by Gasteiger charge is -2.06. The van der Waals surface area contributed by atoms with E-state index in [0.717, 1.165) is 29.8 Å². The van der Waals surface area contributed by atoms with Crippen molar-refractivity contribution in [3.8, 4) is 11.4 Å². The van der Waals surface area contributed by atoms with Crippen LogP contribution in [0.1, 0.15) is 30.1 Å². The number of hydrogen-bond donors (Lipinski definition) is 1. The predicted octanol–water partition coefficient (Wildman–Crippen LogP) is 1.70. The minimum atomic E-state index is 0.299. The number of nitrogen functional groups attached to an aromatic ring is 1. The second-order valence-electron chi connectivity index (χ2n) is 4.34. The predicted molar refractivity (Wildman–Crippen MR) is 64.2 cm³/mol. The second-order valence-corrected chi connectivity index (χ2v) is 4.34. The Balaban J connectivity index is 2.11. The van der Waals surface area contributed by atoms with Gasteiger partial charge in [-0.05, 0) is 31.4 Å². The Bertz CT molecular complexity index is 563. The fraction of sp³-hybridized carbons (Fsp3) is 0.333. The molecule has 2 aromatic rings. The fourth-order valence-corrected chi connectivity index (χ4v) is 1.78. The molecule has 0 amide bonds. The van der Waals surface area contributed by atoms with Crippen LogP contribution in [0.2, 0.25) is 0 Å². The lowest BCUT2D eigenvalue weighted by Crippen LogP contribution is -2.04. The Labute approximate surface area is 99.2 Å². The summed E-state index contributed by atoms with van der Waals surface area (Å²) in [5.74, 6) is 2.25. The lowest BCUT2D eigenvalue weighted by molar-refractivity contribution is 0.901. The number of hydrogen-bond acceptors (Lipinski definition) is 5. The molecule has 1 aliphatic carbocycles. The summed E-state index contributed by atoms with van der Waals surface area (Å²) in [7, 11) is 0. The van der Waals surface area contributed by atoms with Gasteiger partial charge in [-0.15, -0.1) is 0 Å². The fourth-order valence-electron chi connectivity index (χ4n) is 1.78. The molecular formula is C12H13N5. The number of pyridine rings is 1. The van der Waals surface area contributed by atoms with Gasteiger partial charge in [0, 0.05) is 23.9 Å². The van der Waals surface area contributed by atoms with Crippen molar-refractivity contribution in [2.45, 2.75) is 25.7 Å². The van der Waals surface area contributed by atoms with Crippen LogP contribution in [0.4, 0.5) is 5.95 Å². The van der Waals surface area contributed by atoms with Gasteiger partial charge in [0.1, 0.15) is 5.82 Å². The number of anilines is 1. The molecule has 0 saturated heterocycles. The largest absolute Gasteiger partial charge is 0.368 e. The quantitative estimate of drug-likeness (QED) is 0.844. The molecule has 0 aliphatic heterocycles. The molecular weight excluding hydrogens is 214 g/mol. The highest BCUT2D eigenvalue weighted by molar-refractivity contribution is 5.59. The van der Waals surface area contributed by atoms with Crippen LogP contribution in [-0.4, -0.2) is 19.9 Å². The maximum Gasteiger partial charge on any atom is 0.223 e. The van der Waals surface area contributed by atoms with Gasteiger partial charge in [0.15, 0.2) is 5.82 Å². The molecule has 0 aromatic carbocycles. The Morgan fingerprint density at radius 3 is 2.76 bits per heavy atom. The van der Waals surface area contributed by atoms with Crippen molar-refractivity contribution in [1.29, 1.82) is 0 Å². The van der Waals surface area contributed by atoms with E-state index >= 15 is 0 Å². The maximum atomic E-state index is 5.73. The van der Waals surface area contributed by atoms with Crippen molar-refractivity contribution in [2.75, 3.05) is 5.73 Å². The Kier molecular flexibility index (Phi) is 2.24. The molecule has 2 heterocycles. The number of rotatable bonds is 2. The van der Waals surface area contributed by atoms with E-state index < -0.39 is 0 Å². The zero-order valence-corrected chi connectivity index (χ0v) is 9.59. The van der Waals surface area contributed by atoms with Gasteiger partial charge in [0.05, 0.1) is 0 Å². The molecule has 3 rings (SSSR count). The molecule has 86 valence electrons. The lowest BCUT2D eigenvalue weighted by atomic mass is 10.1. The molecule has 0 radical (unpaired) electrons. The smallest absolute Gasteiger partial charge is 0.223 e. The van der Waals surface area contributed by atoms with Gasteiger partial charge in [0.25, 0.3) is 0 Å². The summed E-state index contributed by atoms with van der Waals surface area (Å²) in [5, 5.41) is 0. The number of nitrogens with two attached hydrogens (primary N) is 1. The highest BCUT2D eigenvalue weighted by atomic mass is 15.1. The van der Waals surface area contributed by atoms with Crippen LogP contribution in [0.3, 0.4) is 0 Å². The van der Waals surface area contributed by atoms with E-state index in [4.69, 9.17) is 5.73 Å². The highest BCUT2D eigenvalue weighted by Gasteiger charge is 2.27. The molecule has 0 unspecified atom stereocenters. The van der Waals surface area contributed by atoms with E-state index in [1.165, 1.54) is 0 Å². The zero-order chi connectivity index (χ0) is 11.8. The minimum Gasteiger partial charge on any atom is -0.368 e. The summed E-state index contributed by atoms with van der Waals surface area (Å²) in [5.41, 5.74) is 7.74. The van der Waals surface area contributed by atoms with Gasteiger partial charge < -0.3 is 5.73 Å². The summed E-state index contributed by atoms with van der Waals surface area (Å²) in [6.07, 6.45) is 5.83. The summed E-state index contributed by atoms with van der Waals surface area (Å²) >= 11 is 0. The SMILES string of the molecule is Cc1cnccc1-c1nc(N)nc(C2CC2)n1. The van der Waals surface area contributed by atoms with Crippen molar-refractivity contribution in [3.05, 3.63) is 29.8 Å². The van der Waals surface area contributed by atoms with Crippen molar-refractivity contribution in [3.63, 3.8) is 0 Å². The molecule has 0 spiro atoms. The molecule has 17 heavy (non-hydrogen) atoms. The Morgan fingerprint density at radius 2 is 2.06 bits per heavy atom. The molecule has 0 bridgehead atoms. The third-order valence-corrected chi connectivity index (χ3v) is 2.87. The van der Waals surface area contributed by atoms with Crippen molar-refractivity contribution in [2.24, 2.45) is 0 Å². The van der Waals surface area contributed by atoms with Gasteiger partial charge in [0.2, 0.25) is 5.95 Å². The van der Waals surface area contributed by atoms with E-state index in [0.29, 0.717) is 17.7 Å². The molecule has 0 atom stereocenters. The average Bonchev–Trinajstić information content (AvgIpc) is 3.12. The van der Waals surface area contributed by atoms with E-state index in [-0.39, 0.29) is 0 Å². The summed E-state index contributed by atoms with van der Waals surface area (Å²) in [6, 6.07) is 1.90. The maximum absolute atomic E-state index is 5.73. The zero-order valence-electron chi connectivity index (χ0n) is 9.59. The van der Waals surface area contributed by atoms with Crippen LogP contribution in [0.15, 0.2) is 18.5 Å². The van der Waals surface area contributed by atoms with Gasteiger partial charge in [-0.3, -0.25) is 4.98 Å². The van der Waals surface area contributed by atoms with E-state index in [1.54, 1.807) is 12.4 Å². The third kappa shape index (κ3) is 1.95. The molecule has 1 aliphatic rings. The van der Waals surface area contributed by atoms with Gasteiger partial charge in [-0.25, -0.2) is 4.98 Å². The Morgan fingerprint density at radius 1 is 1.24 bits per heavy atom. The molecule has 1 fully saturated rings. The first-order valence-corrected chi connectivity index (χ1v) is 5.66. The normalized spacial score (nSPS) is 14.9. The third-order valence-electron chi connectivity index (χ3n) is 2.87. The van der Waals surface area contributed by atoms with Crippen LogP contribution in [0, 0.1) is 6.92 Å². The van der Waals surface area contributed by atoms with Gasteiger partial charge in [-0.1, -0.05) is 0 Å². The highest BCUT2D eigenvalue weighted by Crippen LogP contribution is 2.38. The molecule has 1 saturated carbocycles. The summed E-state index contributed by atoms with van der Waals surface area (Å²) in [6.45, 7) is 1.99. The molecule has 2 aromatic heterocycles. The summed E-state index contributed by atoms with van der Waals surface area (Å²) < 4.78 is 0. The number of aryl methyl sites for hydroxylation is 1. The number of aromatic nitrogens is 4. The first-order chi connectivity index (χ1) is 8.24. The monoisotopic (exact) mass is 227 g/mol. The average molecular weight is 227 g/mol. The molecule has 5 nitrogen and oxygen atoms in total. The van der Waals surface area contributed by atoms with Gasteiger partial charge >= 0.3 is 0 Å². The van der Waals surface area contributed by atoms with Crippen LogP contribution < -0.4 is 5.73 Å². The van der Waals surface area contributed by atoms with Crippen molar-refractivity contribution >= 4 is 5.95 Å². The second kappa shape index (κ2) is 3.76. The standard InChI is InChI=1S/C12H13N5/c1-7-6-14-5-4-9(7)11-15-10(8-2-3-8)16-12(13)17-11/h4-6,8H,2-3H2,1H3,(H2,13,15,16,17). The van der Waals surface area contributed by atoms with Crippen LogP contribution in [0.25, 0.3) is 11.4 Å². The van der Waals surface area contributed by atoms with E-state index in [2.05, 4.69) is 19.9 Å². The minimum absolute atomic E-state index is 0.299. The van der Waals surface area contributed by atoms with E-state index in [1.807, 2.05) is 13.0 Å². The van der Waals surface area contributed by atoms with E-state index in [9.17, 15) is 0 Å². The van der Waals surface area contributed by atoms with Crippen molar-refractivity contribution < 1.29 is 0 Å². The molecule has 5 heteroatoms. The molecule has 2 N–H and O–H groups in total. The van der Waals surface area contributed by atoms with Crippen LogP contribution in [-0.2, 0) is 0 Å².